The van der Waals surface area contributed by atoms with Crippen molar-refractivity contribution in [2.75, 3.05) is 6.61 Å². The van der Waals surface area contributed by atoms with Crippen LogP contribution in [-0.4, -0.2) is 6.61 Å². The molecule has 0 spiro atoms. The van der Waals surface area contributed by atoms with Crippen molar-refractivity contribution in [3.63, 3.8) is 0 Å². The Morgan fingerprint density at radius 3 is 3.08 bits per heavy atom. The lowest BCUT2D eigenvalue weighted by atomic mass is 10.1. The van der Waals surface area contributed by atoms with E-state index in [-0.39, 0.29) is 5.56 Å². The Kier molecular flexibility index (Phi) is 1.47. The largest absolute Gasteiger partial charge is 0.493 e. The molecule has 0 amide bonds. The quantitative estimate of drug-likeness (QED) is 0.582. The van der Waals surface area contributed by atoms with Crippen LogP contribution in [0, 0.1) is 17.1 Å². The maximum absolute atomic E-state index is 13.3. The Balaban J connectivity index is 2.63. The molecular formula is C9H6FNO. The van der Waals surface area contributed by atoms with Crippen LogP contribution in [0.2, 0.25) is 0 Å². The molecule has 0 aromatic heterocycles. The summed E-state index contributed by atoms with van der Waals surface area (Å²) in [7, 11) is 0. The van der Waals surface area contributed by atoms with Gasteiger partial charge in [0.15, 0.2) is 0 Å². The molecule has 2 nitrogen and oxygen atoms in total. The first-order valence-electron chi connectivity index (χ1n) is 3.67. The predicted molar refractivity (Wildman–Crippen MR) is 40.3 cm³/mol. The maximum Gasteiger partial charge on any atom is 0.147 e. The third-order valence-corrected chi connectivity index (χ3v) is 1.93. The molecule has 3 heteroatoms. The highest BCUT2D eigenvalue weighted by atomic mass is 19.1. The second-order valence-electron chi connectivity index (χ2n) is 2.61. The summed E-state index contributed by atoms with van der Waals surface area (Å²) in [4.78, 5) is 0. The van der Waals surface area contributed by atoms with Gasteiger partial charge in [-0.2, -0.15) is 5.26 Å². The Morgan fingerprint density at radius 2 is 2.33 bits per heavy atom. The number of hydrogen-bond donors (Lipinski definition) is 0. The van der Waals surface area contributed by atoms with Gasteiger partial charge in [0, 0.05) is 12.0 Å². The Hall–Kier alpha value is -1.56. The lowest BCUT2D eigenvalue weighted by Gasteiger charge is -1.99. The summed E-state index contributed by atoms with van der Waals surface area (Å²) < 4.78 is 18.4. The van der Waals surface area contributed by atoms with Crippen LogP contribution in [0.5, 0.6) is 5.75 Å². The summed E-state index contributed by atoms with van der Waals surface area (Å²) in [5.74, 6) is 0.152. The molecular weight excluding hydrogens is 157 g/mol. The standard InChI is InChI=1S/C9H6FNO/c10-9-6(5-11)1-2-8-7(9)3-4-12-8/h1-2H,3-4H2. The fraction of sp³-hybridized carbons (Fsp3) is 0.222. The molecule has 1 heterocycles. The average molecular weight is 163 g/mol. The van der Waals surface area contributed by atoms with Crippen LogP contribution in [0.4, 0.5) is 4.39 Å². The van der Waals surface area contributed by atoms with Crippen molar-refractivity contribution in [1.29, 1.82) is 5.26 Å². The zero-order valence-corrected chi connectivity index (χ0v) is 6.30. The summed E-state index contributed by atoms with van der Waals surface area (Å²) in [5.41, 5.74) is 0.633. The fourth-order valence-corrected chi connectivity index (χ4v) is 1.32. The van der Waals surface area contributed by atoms with Crippen LogP contribution in [0.25, 0.3) is 0 Å². The van der Waals surface area contributed by atoms with Crippen molar-refractivity contribution >= 4 is 0 Å². The molecule has 0 aliphatic carbocycles. The summed E-state index contributed by atoms with van der Waals surface area (Å²) >= 11 is 0. The number of ether oxygens (including phenoxy) is 1. The molecule has 0 radical (unpaired) electrons. The number of hydrogen-bond acceptors (Lipinski definition) is 2. The van der Waals surface area contributed by atoms with Gasteiger partial charge in [-0.05, 0) is 12.1 Å². The van der Waals surface area contributed by atoms with Crippen molar-refractivity contribution in [3.05, 3.63) is 29.1 Å². The molecule has 0 bridgehead atoms. The van der Waals surface area contributed by atoms with Gasteiger partial charge in [-0.3, -0.25) is 0 Å². The molecule has 1 aromatic rings. The minimum absolute atomic E-state index is 0.0965. The van der Waals surface area contributed by atoms with E-state index in [0.29, 0.717) is 24.3 Å². The SMILES string of the molecule is N#Cc1ccc2c(c1F)CCO2. The maximum atomic E-state index is 13.3. The lowest BCUT2D eigenvalue weighted by Crippen LogP contribution is -1.89. The summed E-state index contributed by atoms with van der Waals surface area (Å²) in [6.07, 6.45) is 0.566. The van der Waals surface area contributed by atoms with E-state index >= 15 is 0 Å². The molecule has 12 heavy (non-hydrogen) atoms. The van der Waals surface area contributed by atoms with Gasteiger partial charge >= 0.3 is 0 Å². The fourth-order valence-electron chi connectivity index (χ4n) is 1.32. The van der Waals surface area contributed by atoms with Crippen molar-refractivity contribution in [1.82, 2.24) is 0 Å². The molecule has 1 aliphatic rings. The zero-order valence-electron chi connectivity index (χ0n) is 6.30. The van der Waals surface area contributed by atoms with Crippen molar-refractivity contribution < 1.29 is 9.13 Å². The van der Waals surface area contributed by atoms with Gasteiger partial charge in [0.1, 0.15) is 17.6 Å². The topological polar surface area (TPSA) is 33.0 Å². The number of nitriles is 1. The summed E-state index contributed by atoms with van der Waals surface area (Å²) in [6, 6.07) is 4.88. The van der Waals surface area contributed by atoms with Crippen LogP contribution >= 0.6 is 0 Å². The number of halogens is 1. The van der Waals surface area contributed by atoms with Gasteiger partial charge in [-0.15, -0.1) is 0 Å². The molecule has 0 fully saturated rings. The Labute approximate surface area is 69.2 Å². The monoisotopic (exact) mass is 163 g/mol. The van der Waals surface area contributed by atoms with E-state index in [0.717, 1.165) is 0 Å². The van der Waals surface area contributed by atoms with Gasteiger partial charge < -0.3 is 4.74 Å². The summed E-state index contributed by atoms with van der Waals surface area (Å²) in [6.45, 7) is 0.515. The number of nitrogens with zero attached hydrogens (tertiary/aromatic N) is 1. The van der Waals surface area contributed by atoms with Gasteiger partial charge in [-0.25, -0.2) is 4.39 Å². The Morgan fingerprint density at radius 1 is 1.50 bits per heavy atom. The normalized spacial score (nSPS) is 13.3. The first kappa shape index (κ1) is 7.11. The minimum atomic E-state index is -0.424. The third kappa shape index (κ3) is 0.850. The molecule has 0 unspecified atom stereocenters. The first-order valence-corrected chi connectivity index (χ1v) is 3.67. The van der Waals surface area contributed by atoms with Gasteiger partial charge in [0.2, 0.25) is 0 Å². The van der Waals surface area contributed by atoms with E-state index in [9.17, 15) is 4.39 Å². The van der Waals surface area contributed by atoms with Gasteiger partial charge in [0.05, 0.1) is 12.2 Å². The summed E-state index contributed by atoms with van der Waals surface area (Å²) in [5, 5.41) is 8.52. The minimum Gasteiger partial charge on any atom is -0.493 e. The number of rotatable bonds is 0. The molecule has 1 aliphatic heterocycles. The van der Waals surface area contributed by atoms with Crippen molar-refractivity contribution in [3.8, 4) is 11.8 Å². The van der Waals surface area contributed by atoms with E-state index in [1.807, 2.05) is 0 Å². The second kappa shape index (κ2) is 2.49. The van der Waals surface area contributed by atoms with Crippen molar-refractivity contribution in [2.24, 2.45) is 0 Å². The second-order valence-corrected chi connectivity index (χ2v) is 2.61. The van der Waals surface area contributed by atoms with Crippen LogP contribution < -0.4 is 4.74 Å². The van der Waals surface area contributed by atoms with E-state index < -0.39 is 5.82 Å². The van der Waals surface area contributed by atoms with Crippen LogP contribution in [0.1, 0.15) is 11.1 Å². The van der Waals surface area contributed by atoms with Gasteiger partial charge in [-0.1, -0.05) is 0 Å². The molecule has 60 valence electrons. The Bertz CT molecular complexity index is 368. The first-order chi connectivity index (χ1) is 5.83. The van der Waals surface area contributed by atoms with E-state index in [1.165, 1.54) is 6.07 Å². The third-order valence-electron chi connectivity index (χ3n) is 1.93. The lowest BCUT2D eigenvalue weighted by molar-refractivity contribution is 0.357. The van der Waals surface area contributed by atoms with Crippen LogP contribution in [0.3, 0.4) is 0 Å². The highest BCUT2D eigenvalue weighted by Crippen LogP contribution is 2.28. The number of fused-ring (bicyclic) bond motifs is 1. The molecule has 1 aromatic carbocycles. The number of benzene rings is 1. The van der Waals surface area contributed by atoms with E-state index in [4.69, 9.17) is 10.00 Å². The molecule has 0 saturated carbocycles. The van der Waals surface area contributed by atoms with E-state index in [1.54, 1.807) is 12.1 Å². The van der Waals surface area contributed by atoms with E-state index in [2.05, 4.69) is 0 Å². The average Bonchev–Trinajstić information content (AvgIpc) is 2.53. The zero-order chi connectivity index (χ0) is 8.55. The van der Waals surface area contributed by atoms with Crippen LogP contribution in [0.15, 0.2) is 12.1 Å². The highest BCUT2D eigenvalue weighted by Gasteiger charge is 2.18. The van der Waals surface area contributed by atoms with Gasteiger partial charge in [0.25, 0.3) is 0 Å². The molecule has 2 rings (SSSR count). The smallest absolute Gasteiger partial charge is 0.147 e. The van der Waals surface area contributed by atoms with Crippen LogP contribution in [-0.2, 0) is 6.42 Å². The van der Waals surface area contributed by atoms with Crippen molar-refractivity contribution in [2.45, 2.75) is 6.42 Å². The molecule has 0 atom stereocenters. The highest BCUT2D eigenvalue weighted by molar-refractivity contribution is 5.45. The molecule has 0 saturated heterocycles. The predicted octanol–water partition coefficient (Wildman–Crippen LogP) is 1.63. The molecule has 0 N–H and O–H groups in total.